The summed E-state index contributed by atoms with van der Waals surface area (Å²) >= 11 is 5.95. The van der Waals surface area contributed by atoms with Crippen molar-refractivity contribution in [3.05, 3.63) is 59.4 Å². The van der Waals surface area contributed by atoms with Crippen molar-refractivity contribution >= 4 is 11.6 Å². The second kappa shape index (κ2) is 3.81. The summed E-state index contributed by atoms with van der Waals surface area (Å²) in [5, 5.41) is 0.555. The lowest BCUT2D eigenvalue weighted by Crippen LogP contribution is -1.79. The van der Waals surface area contributed by atoms with Crippen LogP contribution in [0.3, 0.4) is 0 Å². The van der Waals surface area contributed by atoms with Gasteiger partial charge in [-0.15, -0.1) is 0 Å². The first-order chi connectivity index (χ1) is 6.77. The van der Waals surface area contributed by atoms with Crippen molar-refractivity contribution in [2.75, 3.05) is 0 Å². The molecule has 0 aliphatic rings. The fourth-order valence-electron chi connectivity index (χ4n) is 1.27. The van der Waals surface area contributed by atoms with Crippen LogP contribution in [-0.2, 0) is 0 Å². The molecule has 0 fully saturated rings. The summed E-state index contributed by atoms with van der Waals surface area (Å²) in [6.07, 6.45) is 0. The molecule has 2 rings (SSSR count). The van der Waals surface area contributed by atoms with E-state index in [9.17, 15) is 4.39 Å². The third-order valence-corrected chi connectivity index (χ3v) is 2.27. The van der Waals surface area contributed by atoms with Crippen LogP contribution in [0.15, 0.2) is 42.5 Å². The van der Waals surface area contributed by atoms with Crippen LogP contribution >= 0.6 is 11.6 Å². The normalized spacial score (nSPS) is 10.1. The van der Waals surface area contributed by atoms with E-state index in [2.05, 4.69) is 6.07 Å². The van der Waals surface area contributed by atoms with Crippen molar-refractivity contribution in [3.63, 3.8) is 0 Å². The molecule has 0 saturated carbocycles. The lowest BCUT2D eigenvalue weighted by Gasteiger charge is -2.02. The van der Waals surface area contributed by atoms with Crippen LogP contribution in [-0.4, -0.2) is 0 Å². The molecule has 0 aliphatic carbocycles. The van der Waals surface area contributed by atoms with Gasteiger partial charge in [0.15, 0.2) is 0 Å². The fourth-order valence-corrected chi connectivity index (χ4v) is 1.50. The number of hydrogen-bond donors (Lipinski definition) is 0. The topological polar surface area (TPSA) is 0 Å². The molecule has 0 bridgehead atoms. The molecule has 2 aromatic carbocycles. The van der Waals surface area contributed by atoms with Gasteiger partial charge in [-0.05, 0) is 17.7 Å². The van der Waals surface area contributed by atoms with Crippen LogP contribution in [0.25, 0.3) is 11.1 Å². The van der Waals surface area contributed by atoms with Gasteiger partial charge in [-0.25, -0.2) is 4.39 Å². The van der Waals surface area contributed by atoms with Crippen molar-refractivity contribution in [1.29, 1.82) is 0 Å². The van der Waals surface area contributed by atoms with Crippen LogP contribution < -0.4 is 0 Å². The molecule has 0 nitrogen and oxygen atoms in total. The second-order valence-corrected chi connectivity index (χ2v) is 3.28. The SMILES string of the molecule is Fc1ccc(-c2ccc[c]c2Cl)cc1. The Morgan fingerprint density at radius 3 is 2.43 bits per heavy atom. The number of halogens is 2. The molecule has 2 aromatic rings. The Hall–Kier alpha value is -1.34. The fraction of sp³-hybridized carbons (Fsp3) is 0. The summed E-state index contributed by atoms with van der Waals surface area (Å²) in [5.74, 6) is -0.246. The van der Waals surface area contributed by atoms with Gasteiger partial charge in [-0.3, -0.25) is 0 Å². The molecule has 69 valence electrons. The highest BCUT2D eigenvalue weighted by molar-refractivity contribution is 6.33. The van der Waals surface area contributed by atoms with Crippen molar-refractivity contribution < 1.29 is 4.39 Å². The zero-order chi connectivity index (χ0) is 9.97. The highest BCUT2D eigenvalue weighted by atomic mass is 35.5. The van der Waals surface area contributed by atoms with E-state index < -0.39 is 0 Å². The summed E-state index contributed by atoms with van der Waals surface area (Å²) < 4.78 is 12.7. The third-order valence-electron chi connectivity index (χ3n) is 1.96. The van der Waals surface area contributed by atoms with Gasteiger partial charge in [0.2, 0.25) is 0 Å². The van der Waals surface area contributed by atoms with Crippen LogP contribution in [0.5, 0.6) is 0 Å². The standard InChI is InChI=1S/C12H7ClF/c13-12-4-2-1-3-11(12)9-5-7-10(14)8-6-9/h1-3,5-8H. The zero-order valence-electron chi connectivity index (χ0n) is 7.30. The van der Waals surface area contributed by atoms with E-state index in [1.807, 2.05) is 12.1 Å². The van der Waals surface area contributed by atoms with Crippen molar-refractivity contribution in [2.45, 2.75) is 0 Å². The first-order valence-electron chi connectivity index (χ1n) is 4.19. The maximum absolute atomic E-state index is 12.7. The van der Waals surface area contributed by atoms with E-state index in [1.54, 1.807) is 18.2 Å². The first kappa shape index (κ1) is 9.22. The molecule has 2 heteroatoms. The van der Waals surface area contributed by atoms with Gasteiger partial charge in [0.05, 0.1) is 5.02 Å². The Balaban J connectivity index is 2.50. The monoisotopic (exact) mass is 205 g/mol. The largest absolute Gasteiger partial charge is 0.207 e. The molecular formula is C12H7ClF. The Morgan fingerprint density at radius 2 is 1.79 bits per heavy atom. The van der Waals surface area contributed by atoms with E-state index in [0.717, 1.165) is 11.1 Å². The van der Waals surface area contributed by atoms with E-state index in [0.29, 0.717) is 5.02 Å². The average molecular weight is 206 g/mol. The lowest BCUT2D eigenvalue weighted by atomic mass is 10.1. The number of benzene rings is 2. The van der Waals surface area contributed by atoms with Crippen molar-refractivity contribution in [1.82, 2.24) is 0 Å². The van der Waals surface area contributed by atoms with Crippen LogP contribution in [0, 0.1) is 11.9 Å². The first-order valence-corrected chi connectivity index (χ1v) is 4.57. The maximum atomic E-state index is 12.7. The molecule has 0 unspecified atom stereocenters. The van der Waals surface area contributed by atoms with E-state index in [1.165, 1.54) is 12.1 Å². The van der Waals surface area contributed by atoms with Gasteiger partial charge in [0.25, 0.3) is 0 Å². The van der Waals surface area contributed by atoms with E-state index in [-0.39, 0.29) is 5.82 Å². The van der Waals surface area contributed by atoms with Gasteiger partial charge >= 0.3 is 0 Å². The van der Waals surface area contributed by atoms with Crippen molar-refractivity contribution in [3.8, 4) is 11.1 Å². The molecule has 0 amide bonds. The molecule has 0 spiro atoms. The van der Waals surface area contributed by atoms with Crippen LogP contribution in [0.1, 0.15) is 0 Å². The van der Waals surface area contributed by atoms with Gasteiger partial charge in [-0.2, -0.15) is 0 Å². The highest BCUT2D eigenvalue weighted by Gasteiger charge is 2.01. The van der Waals surface area contributed by atoms with Gasteiger partial charge in [0, 0.05) is 11.6 Å². The lowest BCUT2D eigenvalue weighted by molar-refractivity contribution is 0.628. The zero-order valence-corrected chi connectivity index (χ0v) is 8.05. The van der Waals surface area contributed by atoms with E-state index >= 15 is 0 Å². The maximum Gasteiger partial charge on any atom is 0.123 e. The average Bonchev–Trinajstić information content (AvgIpc) is 2.20. The summed E-state index contributed by atoms with van der Waals surface area (Å²) in [6, 6.07) is 14.6. The Labute approximate surface area is 87.0 Å². The molecule has 0 heterocycles. The number of hydrogen-bond acceptors (Lipinski definition) is 0. The molecule has 0 aliphatic heterocycles. The Kier molecular flexibility index (Phi) is 2.51. The van der Waals surface area contributed by atoms with Gasteiger partial charge < -0.3 is 0 Å². The van der Waals surface area contributed by atoms with E-state index in [4.69, 9.17) is 11.6 Å². The minimum absolute atomic E-state index is 0.246. The molecule has 14 heavy (non-hydrogen) atoms. The molecule has 0 N–H and O–H groups in total. The minimum Gasteiger partial charge on any atom is -0.207 e. The van der Waals surface area contributed by atoms with Crippen LogP contribution in [0.2, 0.25) is 5.02 Å². The summed E-state index contributed by atoms with van der Waals surface area (Å²) in [5.41, 5.74) is 1.77. The quantitative estimate of drug-likeness (QED) is 0.662. The highest BCUT2D eigenvalue weighted by Crippen LogP contribution is 2.26. The van der Waals surface area contributed by atoms with Gasteiger partial charge in [0.1, 0.15) is 5.82 Å². The molecular weight excluding hydrogens is 199 g/mol. The smallest absolute Gasteiger partial charge is 0.123 e. The molecule has 1 radical (unpaired) electrons. The summed E-state index contributed by atoms with van der Waals surface area (Å²) in [4.78, 5) is 0. The summed E-state index contributed by atoms with van der Waals surface area (Å²) in [6.45, 7) is 0. The predicted molar refractivity (Wildman–Crippen MR) is 55.7 cm³/mol. The predicted octanol–water partition coefficient (Wildman–Crippen LogP) is 3.95. The Morgan fingerprint density at radius 1 is 1.07 bits per heavy atom. The molecule has 0 saturated heterocycles. The summed E-state index contributed by atoms with van der Waals surface area (Å²) in [7, 11) is 0. The molecule has 0 atom stereocenters. The molecule has 0 aromatic heterocycles. The second-order valence-electron chi connectivity index (χ2n) is 2.90. The Bertz CT molecular complexity index is 434. The third kappa shape index (κ3) is 1.78. The number of rotatable bonds is 1. The van der Waals surface area contributed by atoms with Gasteiger partial charge in [-0.1, -0.05) is 41.9 Å². The minimum atomic E-state index is -0.246. The van der Waals surface area contributed by atoms with Crippen LogP contribution in [0.4, 0.5) is 4.39 Å². The van der Waals surface area contributed by atoms with Crippen molar-refractivity contribution in [2.24, 2.45) is 0 Å².